The summed E-state index contributed by atoms with van der Waals surface area (Å²) in [5.41, 5.74) is 3.59. The Kier molecular flexibility index (Phi) is 4.75. The largest absolute Gasteiger partial charge is 0.367 e. The average molecular weight is 397 g/mol. The second-order valence-electron chi connectivity index (χ2n) is 7.94. The quantitative estimate of drug-likeness (QED) is 0.488. The van der Waals surface area contributed by atoms with Crippen LogP contribution in [0.2, 0.25) is 0 Å². The second kappa shape index (κ2) is 7.71. The van der Waals surface area contributed by atoms with E-state index in [1.807, 2.05) is 37.8 Å². The number of nitrogens with one attached hydrogen (secondary N) is 1. The van der Waals surface area contributed by atoms with Crippen LogP contribution in [0.5, 0.6) is 0 Å². The SMILES string of the molecule is Cn1cc(-c2ccc3cnc(CC(=O)c4ccnc(NC5CCC5)c4)cc3c2)cn1. The van der Waals surface area contributed by atoms with Crippen molar-refractivity contribution in [2.75, 3.05) is 5.32 Å². The van der Waals surface area contributed by atoms with E-state index in [2.05, 4.69) is 38.6 Å². The lowest BCUT2D eigenvalue weighted by Gasteiger charge is -2.26. The van der Waals surface area contributed by atoms with Crippen molar-refractivity contribution in [3.05, 3.63) is 72.4 Å². The van der Waals surface area contributed by atoms with E-state index >= 15 is 0 Å². The molecule has 1 aromatic carbocycles. The third-order valence-corrected chi connectivity index (χ3v) is 5.70. The first-order valence-corrected chi connectivity index (χ1v) is 10.3. The minimum Gasteiger partial charge on any atom is -0.367 e. The molecule has 0 amide bonds. The van der Waals surface area contributed by atoms with E-state index in [-0.39, 0.29) is 12.2 Å². The lowest BCUT2D eigenvalue weighted by Crippen LogP contribution is -2.27. The summed E-state index contributed by atoms with van der Waals surface area (Å²) >= 11 is 0. The van der Waals surface area contributed by atoms with E-state index < -0.39 is 0 Å². The smallest absolute Gasteiger partial charge is 0.169 e. The van der Waals surface area contributed by atoms with Gasteiger partial charge in [-0.3, -0.25) is 14.5 Å². The van der Waals surface area contributed by atoms with Crippen LogP contribution in [0.25, 0.3) is 21.9 Å². The summed E-state index contributed by atoms with van der Waals surface area (Å²) in [4.78, 5) is 21.7. The fourth-order valence-corrected chi connectivity index (χ4v) is 3.74. The molecule has 0 saturated heterocycles. The highest BCUT2D eigenvalue weighted by atomic mass is 16.1. The van der Waals surface area contributed by atoms with Crippen LogP contribution in [0.15, 0.2) is 61.2 Å². The van der Waals surface area contributed by atoms with Gasteiger partial charge in [-0.25, -0.2) is 4.98 Å². The molecule has 1 aliphatic carbocycles. The van der Waals surface area contributed by atoms with Crippen LogP contribution >= 0.6 is 0 Å². The van der Waals surface area contributed by atoms with Crippen LogP contribution in [-0.4, -0.2) is 31.6 Å². The summed E-state index contributed by atoms with van der Waals surface area (Å²) < 4.78 is 1.79. The number of hydrogen-bond acceptors (Lipinski definition) is 5. The zero-order chi connectivity index (χ0) is 20.5. The Hall–Kier alpha value is -3.54. The topological polar surface area (TPSA) is 72.7 Å². The third kappa shape index (κ3) is 3.81. The fourth-order valence-electron chi connectivity index (χ4n) is 3.74. The molecule has 6 heteroatoms. The van der Waals surface area contributed by atoms with E-state index in [0.29, 0.717) is 11.6 Å². The van der Waals surface area contributed by atoms with Crippen molar-refractivity contribution in [2.45, 2.75) is 31.7 Å². The molecule has 0 aliphatic heterocycles. The van der Waals surface area contributed by atoms with Gasteiger partial charge in [0.15, 0.2) is 5.78 Å². The maximum absolute atomic E-state index is 12.9. The van der Waals surface area contributed by atoms with Crippen LogP contribution in [0.3, 0.4) is 0 Å². The van der Waals surface area contributed by atoms with Gasteiger partial charge in [-0.15, -0.1) is 0 Å². The molecule has 1 saturated carbocycles. The molecule has 4 aromatic rings. The van der Waals surface area contributed by atoms with Crippen LogP contribution in [0.1, 0.15) is 35.3 Å². The summed E-state index contributed by atoms with van der Waals surface area (Å²) in [6.07, 6.45) is 11.2. The number of nitrogens with zero attached hydrogens (tertiary/aromatic N) is 4. The summed E-state index contributed by atoms with van der Waals surface area (Å²) in [6.45, 7) is 0. The molecular weight excluding hydrogens is 374 g/mol. The van der Waals surface area contributed by atoms with Gasteiger partial charge in [0.05, 0.1) is 12.6 Å². The Balaban J connectivity index is 1.36. The van der Waals surface area contributed by atoms with Gasteiger partial charge in [-0.05, 0) is 54.5 Å². The number of carbonyl (C=O) groups excluding carboxylic acids is 1. The van der Waals surface area contributed by atoms with Gasteiger partial charge in [-0.2, -0.15) is 5.10 Å². The Morgan fingerprint density at radius 1 is 1.07 bits per heavy atom. The summed E-state index contributed by atoms with van der Waals surface area (Å²) in [7, 11) is 1.91. The van der Waals surface area contributed by atoms with Crippen LogP contribution in [-0.2, 0) is 13.5 Å². The highest BCUT2D eigenvalue weighted by Gasteiger charge is 2.18. The molecule has 30 heavy (non-hydrogen) atoms. The van der Waals surface area contributed by atoms with Crippen molar-refractivity contribution >= 4 is 22.4 Å². The lowest BCUT2D eigenvalue weighted by atomic mass is 9.93. The molecule has 1 N–H and O–H groups in total. The number of hydrogen-bond donors (Lipinski definition) is 1. The first-order valence-electron chi connectivity index (χ1n) is 10.3. The van der Waals surface area contributed by atoms with E-state index in [1.54, 1.807) is 16.9 Å². The standard InChI is InChI=1S/C24H23N5O/c1-29-15-20(14-27-29)16-5-6-18-13-26-22(10-19(18)9-16)12-23(30)17-7-8-25-24(11-17)28-21-3-2-4-21/h5-11,13-15,21H,2-4,12H2,1H3,(H,25,28). The molecule has 0 atom stereocenters. The van der Waals surface area contributed by atoms with Gasteiger partial charge in [0.25, 0.3) is 0 Å². The van der Waals surface area contributed by atoms with E-state index in [9.17, 15) is 4.79 Å². The average Bonchev–Trinajstić information content (AvgIpc) is 3.17. The third-order valence-electron chi connectivity index (χ3n) is 5.70. The first kappa shape index (κ1) is 18.5. The van der Waals surface area contributed by atoms with Crippen molar-refractivity contribution in [1.29, 1.82) is 0 Å². The summed E-state index contributed by atoms with van der Waals surface area (Å²) in [5, 5.41) is 9.76. The van der Waals surface area contributed by atoms with Gasteiger partial charge in [0.1, 0.15) is 5.82 Å². The highest BCUT2D eigenvalue weighted by molar-refractivity contribution is 5.98. The number of pyridine rings is 2. The van der Waals surface area contributed by atoms with Crippen LogP contribution in [0, 0.1) is 0 Å². The Morgan fingerprint density at radius 3 is 2.73 bits per heavy atom. The predicted octanol–water partition coefficient (Wildman–Crippen LogP) is 4.42. The van der Waals surface area contributed by atoms with E-state index in [1.165, 1.54) is 19.3 Å². The van der Waals surface area contributed by atoms with E-state index in [0.717, 1.165) is 33.4 Å². The molecule has 5 rings (SSSR count). The van der Waals surface area contributed by atoms with Gasteiger partial charge in [-0.1, -0.05) is 12.1 Å². The minimum absolute atomic E-state index is 0.0457. The monoisotopic (exact) mass is 397 g/mol. The molecule has 3 heterocycles. The molecule has 0 spiro atoms. The molecule has 0 radical (unpaired) electrons. The Morgan fingerprint density at radius 2 is 1.97 bits per heavy atom. The summed E-state index contributed by atoms with van der Waals surface area (Å²) in [5.74, 6) is 0.822. The number of carbonyl (C=O) groups is 1. The normalized spacial score (nSPS) is 13.9. The van der Waals surface area contributed by atoms with E-state index in [4.69, 9.17) is 0 Å². The van der Waals surface area contributed by atoms with Gasteiger partial charge >= 0.3 is 0 Å². The number of anilines is 1. The van der Waals surface area contributed by atoms with Crippen molar-refractivity contribution < 1.29 is 4.79 Å². The summed E-state index contributed by atoms with van der Waals surface area (Å²) in [6, 6.07) is 12.4. The van der Waals surface area contributed by atoms with Gasteiger partial charge in [0.2, 0.25) is 0 Å². The number of Topliss-reactive ketones (excluding diaryl/α,β-unsaturated/α-hetero) is 1. The molecule has 1 aliphatic rings. The van der Waals surface area contributed by atoms with Gasteiger partial charge in [0, 0.05) is 53.9 Å². The second-order valence-corrected chi connectivity index (χ2v) is 7.94. The molecular formula is C24H23N5O. The van der Waals surface area contributed by atoms with Crippen molar-refractivity contribution in [3.8, 4) is 11.1 Å². The minimum atomic E-state index is 0.0457. The first-order chi connectivity index (χ1) is 14.6. The van der Waals surface area contributed by atoms with Crippen LogP contribution < -0.4 is 5.32 Å². The molecule has 1 fully saturated rings. The van der Waals surface area contributed by atoms with Crippen molar-refractivity contribution in [1.82, 2.24) is 19.7 Å². The number of aromatic nitrogens is 4. The number of fused-ring (bicyclic) bond motifs is 1. The lowest BCUT2D eigenvalue weighted by molar-refractivity contribution is 0.0992. The number of rotatable bonds is 6. The maximum atomic E-state index is 12.9. The Labute approximate surface area is 175 Å². The zero-order valence-electron chi connectivity index (χ0n) is 16.9. The molecule has 0 bridgehead atoms. The Bertz CT molecular complexity index is 1230. The number of benzene rings is 1. The number of ketones is 1. The molecule has 6 nitrogen and oxygen atoms in total. The maximum Gasteiger partial charge on any atom is 0.169 e. The number of aryl methyl sites for hydroxylation is 1. The molecule has 150 valence electrons. The zero-order valence-corrected chi connectivity index (χ0v) is 16.9. The highest BCUT2D eigenvalue weighted by Crippen LogP contribution is 2.25. The molecule has 0 unspecified atom stereocenters. The predicted molar refractivity (Wildman–Crippen MR) is 117 cm³/mol. The van der Waals surface area contributed by atoms with Crippen LogP contribution in [0.4, 0.5) is 5.82 Å². The van der Waals surface area contributed by atoms with Crippen molar-refractivity contribution in [2.24, 2.45) is 7.05 Å². The van der Waals surface area contributed by atoms with Crippen molar-refractivity contribution in [3.63, 3.8) is 0 Å². The molecule has 3 aromatic heterocycles. The van der Waals surface area contributed by atoms with Gasteiger partial charge < -0.3 is 5.32 Å². The fraction of sp³-hybridized carbons (Fsp3) is 0.250.